The molecule has 2 aromatic rings. The standard InChI is InChI=1S/C12H13NO4/c14-5-12(6-16-7-12)4-8-1-2-10-9(3-8)13-11(15)17-10/h1-3,14H,4-7H2,(H,13,15). The van der Waals surface area contributed by atoms with Gasteiger partial charge in [-0.15, -0.1) is 0 Å². The number of oxazole rings is 1. The van der Waals surface area contributed by atoms with Gasteiger partial charge in [0.05, 0.1) is 25.3 Å². The molecular formula is C12H13NO4. The first-order valence-corrected chi connectivity index (χ1v) is 5.51. The van der Waals surface area contributed by atoms with Crippen LogP contribution in [0.5, 0.6) is 0 Å². The molecule has 5 heteroatoms. The molecule has 5 nitrogen and oxygen atoms in total. The minimum atomic E-state index is -0.444. The van der Waals surface area contributed by atoms with E-state index in [9.17, 15) is 9.90 Å². The third-order valence-corrected chi connectivity index (χ3v) is 3.21. The summed E-state index contributed by atoms with van der Waals surface area (Å²) in [7, 11) is 0. The molecule has 3 rings (SSSR count). The summed E-state index contributed by atoms with van der Waals surface area (Å²) in [4.78, 5) is 13.6. The van der Waals surface area contributed by atoms with Crippen LogP contribution in [-0.4, -0.2) is 29.9 Å². The van der Waals surface area contributed by atoms with Gasteiger partial charge in [-0.25, -0.2) is 4.79 Å². The van der Waals surface area contributed by atoms with Gasteiger partial charge in [0.2, 0.25) is 0 Å². The highest BCUT2D eigenvalue weighted by molar-refractivity contribution is 5.72. The van der Waals surface area contributed by atoms with Crippen molar-refractivity contribution in [2.75, 3.05) is 19.8 Å². The Labute approximate surface area is 97.0 Å². The number of H-pyrrole nitrogens is 1. The van der Waals surface area contributed by atoms with Crippen molar-refractivity contribution in [3.8, 4) is 0 Å². The number of aliphatic hydroxyl groups excluding tert-OH is 1. The van der Waals surface area contributed by atoms with Crippen LogP contribution in [0.1, 0.15) is 5.56 Å². The van der Waals surface area contributed by atoms with Crippen molar-refractivity contribution in [3.05, 3.63) is 34.3 Å². The molecule has 0 aliphatic carbocycles. The van der Waals surface area contributed by atoms with Crippen LogP contribution in [-0.2, 0) is 11.2 Å². The van der Waals surface area contributed by atoms with E-state index in [1.165, 1.54) is 0 Å². The van der Waals surface area contributed by atoms with Crippen molar-refractivity contribution in [1.82, 2.24) is 4.98 Å². The predicted molar refractivity (Wildman–Crippen MR) is 60.9 cm³/mol. The van der Waals surface area contributed by atoms with E-state index in [0.29, 0.717) is 24.3 Å². The van der Waals surface area contributed by atoms with Gasteiger partial charge < -0.3 is 14.3 Å². The molecule has 0 radical (unpaired) electrons. The molecule has 1 saturated heterocycles. The molecule has 2 heterocycles. The third-order valence-electron chi connectivity index (χ3n) is 3.21. The Hall–Kier alpha value is -1.59. The third kappa shape index (κ3) is 1.77. The molecule has 1 aromatic carbocycles. The highest BCUT2D eigenvalue weighted by Gasteiger charge is 2.38. The molecular weight excluding hydrogens is 222 g/mol. The molecule has 1 fully saturated rings. The smallest absolute Gasteiger partial charge is 0.408 e. The average molecular weight is 235 g/mol. The second-order valence-electron chi connectivity index (χ2n) is 4.67. The van der Waals surface area contributed by atoms with E-state index < -0.39 is 5.76 Å². The van der Waals surface area contributed by atoms with Crippen molar-refractivity contribution in [3.63, 3.8) is 0 Å². The summed E-state index contributed by atoms with van der Waals surface area (Å²) in [6.07, 6.45) is 0.743. The number of hydrogen-bond acceptors (Lipinski definition) is 4. The fourth-order valence-electron chi connectivity index (χ4n) is 2.18. The van der Waals surface area contributed by atoms with E-state index in [4.69, 9.17) is 9.15 Å². The molecule has 17 heavy (non-hydrogen) atoms. The van der Waals surface area contributed by atoms with Crippen molar-refractivity contribution in [2.24, 2.45) is 5.41 Å². The Balaban J connectivity index is 1.92. The van der Waals surface area contributed by atoms with Gasteiger partial charge in [0.1, 0.15) is 0 Å². The molecule has 1 aromatic heterocycles. The van der Waals surface area contributed by atoms with Crippen LogP contribution >= 0.6 is 0 Å². The number of aromatic nitrogens is 1. The van der Waals surface area contributed by atoms with Crippen LogP contribution in [0.15, 0.2) is 27.4 Å². The lowest BCUT2D eigenvalue weighted by atomic mass is 9.80. The van der Waals surface area contributed by atoms with Crippen LogP contribution in [0.25, 0.3) is 11.1 Å². The second-order valence-corrected chi connectivity index (χ2v) is 4.67. The summed E-state index contributed by atoms with van der Waals surface area (Å²) in [6.45, 7) is 1.29. The molecule has 90 valence electrons. The average Bonchev–Trinajstić information content (AvgIpc) is 2.63. The maximum absolute atomic E-state index is 11.0. The normalized spacial score (nSPS) is 18.2. The number of rotatable bonds is 3. The summed E-state index contributed by atoms with van der Waals surface area (Å²) < 4.78 is 10.1. The topological polar surface area (TPSA) is 75.5 Å². The Morgan fingerprint density at radius 3 is 2.88 bits per heavy atom. The maximum atomic E-state index is 11.0. The van der Waals surface area contributed by atoms with Crippen molar-refractivity contribution in [2.45, 2.75) is 6.42 Å². The number of aliphatic hydroxyl groups is 1. The van der Waals surface area contributed by atoms with Gasteiger partial charge in [-0.05, 0) is 24.1 Å². The lowest BCUT2D eigenvalue weighted by Crippen LogP contribution is -2.47. The van der Waals surface area contributed by atoms with E-state index in [-0.39, 0.29) is 12.0 Å². The Kier molecular flexibility index (Phi) is 2.31. The van der Waals surface area contributed by atoms with Gasteiger partial charge in [-0.1, -0.05) is 6.07 Å². The summed E-state index contributed by atoms with van der Waals surface area (Å²) in [5.41, 5.74) is 2.16. The highest BCUT2D eigenvalue weighted by Crippen LogP contribution is 2.31. The predicted octanol–water partition coefficient (Wildman–Crippen LogP) is 0.672. The molecule has 1 aliphatic heterocycles. The first kappa shape index (κ1) is 10.6. The number of aromatic amines is 1. The van der Waals surface area contributed by atoms with E-state index in [2.05, 4.69) is 4.98 Å². The Morgan fingerprint density at radius 1 is 1.41 bits per heavy atom. The second kappa shape index (κ2) is 3.72. The van der Waals surface area contributed by atoms with Crippen molar-refractivity contribution < 1.29 is 14.3 Å². The number of fused-ring (bicyclic) bond motifs is 1. The van der Waals surface area contributed by atoms with E-state index in [1.807, 2.05) is 12.1 Å². The molecule has 1 aliphatic rings. The maximum Gasteiger partial charge on any atom is 0.417 e. The monoisotopic (exact) mass is 235 g/mol. The lowest BCUT2D eigenvalue weighted by molar-refractivity contribution is -0.135. The van der Waals surface area contributed by atoms with Gasteiger partial charge >= 0.3 is 5.76 Å². The first-order valence-electron chi connectivity index (χ1n) is 5.51. The molecule has 2 N–H and O–H groups in total. The quantitative estimate of drug-likeness (QED) is 0.820. The zero-order chi connectivity index (χ0) is 11.9. The zero-order valence-electron chi connectivity index (χ0n) is 9.23. The Morgan fingerprint density at radius 2 is 2.24 bits per heavy atom. The summed E-state index contributed by atoms with van der Waals surface area (Å²) >= 11 is 0. The summed E-state index contributed by atoms with van der Waals surface area (Å²) in [5, 5.41) is 9.36. The minimum Gasteiger partial charge on any atom is -0.408 e. The molecule has 0 saturated carbocycles. The van der Waals surface area contributed by atoms with Crippen LogP contribution in [0.2, 0.25) is 0 Å². The van der Waals surface area contributed by atoms with Crippen molar-refractivity contribution in [1.29, 1.82) is 0 Å². The molecule has 0 spiro atoms. The first-order chi connectivity index (χ1) is 8.21. The largest absolute Gasteiger partial charge is 0.417 e. The van der Waals surface area contributed by atoms with Gasteiger partial charge in [0, 0.05) is 5.41 Å². The van der Waals surface area contributed by atoms with Crippen LogP contribution in [0.4, 0.5) is 0 Å². The van der Waals surface area contributed by atoms with Crippen molar-refractivity contribution >= 4 is 11.1 Å². The Bertz CT molecular complexity index is 588. The van der Waals surface area contributed by atoms with Crippen LogP contribution in [0.3, 0.4) is 0 Å². The highest BCUT2D eigenvalue weighted by atomic mass is 16.5. The van der Waals surface area contributed by atoms with Gasteiger partial charge in [0.15, 0.2) is 5.58 Å². The number of ether oxygens (including phenoxy) is 1. The molecule has 0 amide bonds. The minimum absolute atomic E-state index is 0.118. The SMILES string of the molecule is O=c1[nH]c2cc(CC3(CO)COC3)ccc2o1. The van der Waals surface area contributed by atoms with Crippen LogP contribution in [0, 0.1) is 5.41 Å². The zero-order valence-corrected chi connectivity index (χ0v) is 9.23. The number of hydrogen-bond donors (Lipinski definition) is 2. The molecule has 0 unspecified atom stereocenters. The van der Waals surface area contributed by atoms with Gasteiger partial charge in [-0.2, -0.15) is 0 Å². The molecule has 0 atom stereocenters. The van der Waals surface area contributed by atoms with Gasteiger partial charge in [-0.3, -0.25) is 4.98 Å². The van der Waals surface area contributed by atoms with Gasteiger partial charge in [0.25, 0.3) is 0 Å². The number of benzene rings is 1. The number of nitrogens with one attached hydrogen (secondary N) is 1. The summed E-state index contributed by atoms with van der Waals surface area (Å²) in [6, 6.07) is 5.57. The van der Waals surface area contributed by atoms with Crippen LogP contribution < -0.4 is 5.76 Å². The summed E-state index contributed by atoms with van der Waals surface area (Å²) in [5.74, 6) is -0.444. The van der Waals surface area contributed by atoms with E-state index in [1.54, 1.807) is 6.07 Å². The molecule has 0 bridgehead atoms. The lowest BCUT2D eigenvalue weighted by Gasteiger charge is -2.40. The van der Waals surface area contributed by atoms with E-state index >= 15 is 0 Å². The van der Waals surface area contributed by atoms with E-state index in [0.717, 1.165) is 12.0 Å². The fraction of sp³-hybridized carbons (Fsp3) is 0.417. The fourth-order valence-corrected chi connectivity index (χ4v) is 2.18.